The summed E-state index contributed by atoms with van der Waals surface area (Å²) in [5.41, 5.74) is 5.36. The molecule has 0 aliphatic carbocycles. The van der Waals surface area contributed by atoms with Crippen molar-refractivity contribution in [1.29, 1.82) is 0 Å². The highest BCUT2D eigenvalue weighted by molar-refractivity contribution is 7.99. The minimum absolute atomic E-state index is 0.164. The van der Waals surface area contributed by atoms with Crippen molar-refractivity contribution in [1.82, 2.24) is 0 Å². The Bertz CT molecular complexity index is 157. The van der Waals surface area contributed by atoms with E-state index < -0.39 is 17.8 Å². The number of rotatable bonds is 6. The van der Waals surface area contributed by atoms with Crippen molar-refractivity contribution in [3.05, 3.63) is 0 Å². The number of hydrogen-bond acceptors (Lipinski definition) is 4. The Balaban J connectivity index is 3.49. The molecule has 0 amide bonds. The third-order valence-corrected chi connectivity index (χ3v) is 1.99. The molecular weight excluding hydrogens is 200 g/mol. The summed E-state index contributed by atoms with van der Waals surface area (Å²) < 4.78 is 27.9. The largest absolute Gasteiger partial charge is 0.465 e. The highest BCUT2D eigenvalue weighted by atomic mass is 32.2. The predicted octanol–water partition coefficient (Wildman–Crippen LogP) is 1.22. The Hall–Kier alpha value is -0.360. The van der Waals surface area contributed by atoms with Crippen LogP contribution in [0, 0.1) is 0 Å². The van der Waals surface area contributed by atoms with Crippen molar-refractivity contribution in [2.75, 3.05) is 12.4 Å². The van der Waals surface area contributed by atoms with Crippen LogP contribution in [-0.4, -0.2) is 30.1 Å². The lowest BCUT2D eigenvalue weighted by Crippen LogP contribution is -2.32. The second-order valence-electron chi connectivity index (χ2n) is 2.28. The Morgan fingerprint density at radius 1 is 1.62 bits per heavy atom. The maximum absolute atomic E-state index is 11.6. The van der Waals surface area contributed by atoms with Crippen molar-refractivity contribution in [2.24, 2.45) is 5.73 Å². The Morgan fingerprint density at radius 3 is 2.69 bits per heavy atom. The van der Waals surface area contributed by atoms with E-state index in [4.69, 9.17) is 5.73 Å². The standard InChI is InChI=1S/C7H13F2NO2S/c1-2-12-6(11)5(10)3-4-13-7(8)9/h5,7H,2-4,10H2,1H3. The smallest absolute Gasteiger partial charge is 0.322 e. The summed E-state index contributed by atoms with van der Waals surface area (Å²) in [5, 5.41) is 0. The van der Waals surface area contributed by atoms with Crippen LogP contribution in [0.3, 0.4) is 0 Å². The summed E-state index contributed by atoms with van der Waals surface area (Å²) in [6, 6.07) is -0.786. The lowest BCUT2D eigenvalue weighted by Gasteiger charge is -2.09. The molecule has 1 atom stereocenters. The van der Waals surface area contributed by atoms with Gasteiger partial charge in [-0.25, -0.2) is 0 Å². The lowest BCUT2D eigenvalue weighted by molar-refractivity contribution is -0.144. The van der Waals surface area contributed by atoms with E-state index in [-0.39, 0.29) is 18.8 Å². The molecule has 0 aromatic rings. The third-order valence-electron chi connectivity index (χ3n) is 1.26. The number of thioether (sulfide) groups is 1. The minimum atomic E-state index is -2.41. The van der Waals surface area contributed by atoms with Crippen LogP contribution in [-0.2, 0) is 9.53 Å². The number of hydrogen-bond donors (Lipinski definition) is 1. The molecule has 13 heavy (non-hydrogen) atoms. The molecule has 78 valence electrons. The summed E-state index contributed by atoms with van der Waals surface area (Å²) in [6.45, 7) is 1.92. The number of carbonyl (C=O) groups is 1. The van der Waals surface area contributed by atoms with Crippen LogP contribution in [0.25, 0.3) is 0 Å². The van der Waals surface area contributed by atoms with Gasteiger partial charge in [-0.05, 0) is 13.3 Å². The third kappa shape index (κ3) is 6.77. The Morgan fingerprint density at radius 2 is 2.23 bits per heavy atom. The van der Waals surface area contributed by atoms with Gasteiger partial charge in [0.1, 0.15) is 6.04 Å². The van der Waals surface area contributed by atoms with Gasteiger partial charge in [-0.1, -0.05) is 11.8 Å². The fourth-order valence-electron chi connectivity index (χ4n) is 0.651. The van der Waals surface area contributed by atoms with Crippen LogP contribution in [0.5, 0.6) is 0 Å². The summed E-state index contributed by atoms with van der Waals surface area (Å²) in [4.78, 5) is 10.9. The summed E-state index contributed by atoms with van der Waals surface area (Å²) >= 11 is 0.474. The van der Waals surface area contributed by atoms with Gasteiger partial charge in [0.2, 0.25) is 0 Å². The number of alkyl halides is 2. The Labute approximate surface area is 80.0 Å². The molecule has 0 aliphatic heterocycles. The van der Waals surface area contributed by atoms with Gasteiger partial charge in [0.05, 0.1) is 6.61 Å². The molecule has 0 bridgehead atoms. The lowest BCUT2D eigenvalue weighted by atomic mass is 10.2. The van der Waals surface area contributed by atoms with Gasteiger partial charge in [0, 0.05) is 5.75 Å². The van der Waals surface area contributed by atoms with Crippen LogP contribution >= 0.6 is 11.8 Å². The zero-order valence-corrected chi connectivity index (χ0v) is 8.15. The van der Waals surface area contributed by atoms with E-state index >= 15 is 0 Å². The molecule has 0 saturated carbocycles. The summed E-state index contributed by atoms with van der Waals surface area (Å²) in [6.07, 6.45) is 0.216. The molecule has 0 spiro atoms. The number of esters is 1. The van der Waals surface area contributed by atoms with Gasteiger partial charge in [-0.3, -0.25) is 4.79 Å². The molecule has 6 heteroatoms. The maximum atomic E-state index is 11.6. The zero-order valence-electron chi connectivity index (χ0n) is 7.33. The quantitative estimate of drug-likeness (QED) is 0.674. The van der Waals surface area contributed by atoms with Gasteiger partial charge in [0.15, 0.2) is 0 Å². The fourth-order valence-corrected chi connectivity index (χ4v) is 1.22. The second kappa shape index (κ2) is 7.08. The molecular formula is C7H13F2NO2S. The van der Waals surface area contributed by atoms with E-state index in [0.29, 0.717) is 11.8 Å². The van der Waals surface area contributed by atoms with Crippen LogP contribution in [0.2, 0.25) is 0 Å². The average molecular weight is 213 g/mol. The molecule has 0 rings (SSSR count). The number of nitrogens with two attached hydrogens (primary N) is 1. The first-order valence-electron chi connectivity index (χ1n) is 3.90. The van der Waals surface area contributed by atoms with Crippen LogP contribution < -0.4 is 5.73 Å². The van der Waals surface area contributed by atoms with E-state index in [1.807, 2.05) is 0 Å². The van der Waals surface area contributed by atoms with Crippen molar-refractivity contribution >= 4 is 17.7 Å². The molecule has 0 saturated heterocycles. The topological polar surface area (TPSA) is 52.3 Å². The molecule has 0 aliphatic rings. The SMILES string of the molecule is CCOC(=O)C(N)CCSC(F)F. The van der Waals surface area contributed by atoms with Crippen molar-refractivity contribution < 1.29 is 18.3 Å². The van der Waals surface area contributed by atoms with E-state index in [0.717, 1.165) is 0 Å². The minimum Gasteiger partial charge on any atom is -0.465 e. The Kier molecular flexibility index (Phi) is 6.89. The number of halogens is 2. The number of ether oxygens (including phenoxy) is 1. The molecule has 1 unspecified atom stereocenters. The molecule has 2 N–H and O–H groups in total. The van der Waals surface area contributed by atoms with Crippen molar-refractivity contribution in [3.63, 3.8) is 0 Å². The highest BCUT2D eigenvalue weighted by Crippen LogP contribution is 2.14. The summed E-state index contributed by atoms with van der Waals surface area (Å²) in [7, 11) is 0. The van der Waals surface area contributed by atoms with Crippen LogP contribution in [0.1, 0.15) is 13.3 Å². The van der Waals surface area contributed by atoms with Gasteiger partial charge in [-0.15, -0.1) is 0 Å². The summed E-state index contributed by atoms with van der Waals surface area (Å²) in [5.74, 6) is -2.77. The van der Waals surface area contributed by atoms with Crippen molar-refractivity contribution in [2.45, 2.75) is 25.1 Å². The van der Waals surface area contributed by atoms with E-state index in [2.05, 4.69) is 4.74 Å². The van der Waals surface area contributed by atoms with E-state index in [9.17, 15) is 13.6 Å². The van der Waals surface area contributed by atoms with Crippen LogP contribution in [0.4, 0.5) is 8.78 Å². The van der Waals surface area contributed by atoms with Crippen molar-refractivity contribution in [3.8, 4) is 0 Å². The second-order valence-corrected chi connectivity index (χ2v) is 3.38. The van der Waals surface area contributed by atoms with E-state index in [1.54, 1.807) is 6.92 Å². The highest BCUT2D eigenvalue weighted by Gasteiger charge is 2.14. The molecule has 0 radical (unpaired) electrons. The van der Waals surface area contributed by atoms with Gasteiger partial charge in [-0.2, -0.15) is 8.78 Å². The first-order valence-corrected chi connectivity index (χ1v) is 4.94. The van der Waals surface area contributed by atoms with Gasteiger partial charge < -0.3 is 10.5 Å². The zero-order chi connectivity index (χ0) is 10.3. The molecule has 0 fully saturated rings. The normalized spacial score (nSPS) is 13.0. The first-order chi connectivity index (χ1) is 6.07. The fraction of sp³-hybridized carbons (Fsp3) is 0.857. The monoisotopic (exact) mass is 213 g/mol. The molecule has 0 aromatic carbocycles. The first kappa shape index (κ1) is 12.6. The van der Waals surface area contributed by atoms with Gasteiger partial charge in [0.25, 0.3) is 5.76 Å². The predicted molar refractivity (Wildman–Crippen MR) is 47.7 cm³/mol. The number of carbonyl (C=O) groups excluding carboxylic acids is 1. The van der Waals surface area contributed by atoms with Gasteiger partial charge >= 0.3 is 5.97 Å². The molecule has 0 aromatic heterocycles. The average Bonchev–Trinajstić information content (AvgIpc) is 2.04. The van der Waals surface area contributed by atoms with E-state index in [1.165, 1.54) is 0 Å². The maximum Gasteiger partial charge on any atom is 0.322 e. The van der Waals surface area contributed by atoms with Crippen LogP contribution in [0.15, 0.2) is 0 Å². The molecule has 0 heterocycles. The molecule has 3 nitrogen and oxygen atoms in total.